The summed E-state index contributed by atoms with van der Waals surface area (Å²) in [4.78, 5) is 24.6. The zero-order valence-electron chi connectivity index (χ0n) is 44.4. The van der Waals surface area contributed by atoms with Gasteiger partial charge in [-0.1, -0.05) is 276 Å². The quantitative estimate of drug-likeness (QED) is 0.0321. The molecule has 2 atom stereocenters. The molecule has 0 saturated carbocycles. The van der Waals surface area contributed by atoms with Crippen LogP contribution in [-0.4, -0.2) is 47.4 Å². The van der Waals surface area contributed by atoms with Gasteiger partial charge in [0.05, 0.1) is 25.4 Å². The standard InChI is InChI=1S/C60H115NO5/c1-3-5-7-9-11-13-15-17-19-21-23-25-26-28-30-32-36-40-44-48-52-58(63)57(56-62)61-59(64)53-49-45-41-37-34-35-39-43-47-51-55-66-60(65)54-50-46-42-38-33-31-29-27-24-22-20-18-16-14-12-10-8-6-4-2/h12,14,18,20,57-58,62-63H,3-11,13,15-17,19,21-56H2,1-2H3,(H,61,64)/b14-12-,20-18-. The first kappa shape index (κ1) is 64.3. The number of rotatable bonds is 55. The van der Waals surface area contributed by atoms with Crippen molar-refractivity contribution in [3.05, 3.63) is 24.3 Å². The van der Waals surface area contributed by atoms with Crippen LogP contribution in [0.2, 0.25) is 0 Å². The molecule has 0 saturated heterocycles. The Morgan fingerprint density at radius 3 is 1.18 bits per heavy atom. The molecule has 0 spiro atoms. The highest BCUT2D eigenvalue weighted by molar-refractivity contribution is 5.76. The van der Waals surface area contributed by atoms with Crippen LogP contribution in [0.25, 0.3) is 0 Å². The number of hydrogen-bond donors (Lipinski definition) is 3. The van der Waals surface area contributed by atoms with E-state index in [2.05, 4.69) is 43.5 Å². The largest absolute Gasteiger partial charge is 0.466 e. The van der Waals surface area contributed by atoms with Crippen molar-refractivity contribution in [3.8, 4) is 0 Å². The third-order valence-electron chi connectivity index (χ3n) is 13.8. The lowest BCUT2D eigenvalue weighted by Gasteiger charge is -2.22. The maximum Gasteiger partial charge on any atom is 0.305 e. The second-order valence-corrected chi connectivity index (χ2v) is 20.3. The van der Waals surface area contributed by atoms with Crippen LogP contribution in [0.3, 0.4) is 0 Å². The zero-order chi connectivity index (χ0) is 47.9. The van der Waals surface area contributed by atoms with Crippen molar-refractivity contribution in [2.45, 2.75) is 334 Å². The molecule has 0 aliphatic rings. The fourth-order valence-electron chi connectivity index (χ4n) is 9.20. The van der Waals surface area contributed by atoms with Crippen LogP contribution in [0.5, 0.6) is 0 Å². The Balaban J connectivity index is 3.46. The maximum absolute atomic E-state index is 12.5. The van der Waals surface area contributed by atoms with Gasteiger partial charge in [-0.05, 0) is 57.8 Å². The highest BCUT2D eigenvalue weighted by atomic mass is 16.5. The van der Waals surface area contributed by atoms with Gasteiger partial charge in [-0.15, -0.1) is 0 Å². The lowest BCUT2D eigenvalue weighted by atomic mass is 10.0. The minimum absolute atomic E-state index is 0.0216. The molecule has 2 unspecified atom stereocenters. The fourth-order valence-corrected chi connectivity index (χ4v) is 9.20. The number of hydrogen-bond acceptors (Lipinski definition) is 5. The molecular formula is C60H115NO5. The monoisotopic (exact) mass is 930 g/mol. The molecule has 0 bridgehead atoms. The molecule has 6 heteroatoms. The van der Waals surface area contributed by atoms with Crippen molar-refractivity contribution < 1.29 is 24.5 Å². The first-order valence-electron chi connectivity index (χ1n) is 29.6. The van der Waals surface area contributed by atoms with Gasteiger partial charge in [-0.3, -0.25) is 9.59 Å². The van der Waals surface area contributed by atoms with E-state index in [1.54, 1.807) is 0 Å². The Morgan fingerprint density at radius 1 is 0.424 bits per heavy atom. The molecule has 6 nitrogen and oxygen atoms in total. The van der Waals surface area contributed by atoms with E-state index in [4.69, 9.17) is 4.74 Å². The van der Waals surface area contributed by atoms with Gasteiger partial charge in [0.1, 0.15) is 0 Å². The zero-order valence-corrected chi connectivity index (χ0v) is 44.4. The van der Waals surface area contributed by atoms with Gasteiger partial charge < -0.3 is 20.3 Å². The average Bonchev–Trinajstić information content (AvgIpc) is 3.32. The van der Waals surface area contributed by atoms with E-state index < -0.39 is 12.1 Å². The van der Waals surface area contributed by atoms with Crippen molar-refractivity contribution >= 4 is 11.9 Å². The van der Waals surface area contributed by atoms with E-state index in [1.807, 2.05) is 0 Å². The number of ether oxygens (including phenoxy) is 1. The number of amides is 1. The first-order valence-corrected chi connectivity index (χ1v) is 29.6. The Morgan fingerprint density at radius 2 is 0.758 bits per heavy atom. The lowest BCUT2D eigenvalue weighted by Crippen LogP contribution is -2.45. The van der Waals surface area contributed by atoms with Crippen LogP contribution in [0.4, 0.5) is 0 Å². The second-order valence-electron chi connectivity index (χ2n) is 20.3. The highest BCUT2D eigenvalue weighted by Crippen LogP contribution is 2.17. The van der Waals surface area contributed by atoms with Crippen molar-refractivity contribution in [1.29, 1.82) is 0 Å². The van der Waals surface area contributed by atoms with Gasteiger partial charge in [0.25, 0.3) is 0 Å². The second kappa shape index (κ2) is 55.9. The normalized spacial score (nSPS) is 12.7. The number of carbonyl (C=O) groups excluding carboxylic acids is 2. The smallest absolute Gasteiger partial charge is 0.305 e. The van der Waals surface area contributed by atoms with Gasteiger partial charge >= 0.3 is 5.97 Å². The number of carbonyl (C=O) groups is 2. The van der Waals surface area contributed by atoms with Crippen LogP contribution in [0.15, 0.2) is 24.3 Å². The number of nitrogens with one attached hydrogen (secondary N) is 1. The molecule has 0 aromatic heterocycles. The van der Waals surface area contributed by atoms with Crippen molar-refractivity contribution in [2.75, 3.05) is 13.2 Å². The van der Waals surface area contributed by atoms with Gasteiger partial charge in [0.15, 0.2) is 0 Å². The van der Waals surface area contributed by atoms with Crippen molar-refractivity contribution in [1.82, 2.24) is 5.32 Å². The molecule has 0 aromatic carbocycles. The summed E-state index contributed by atoms with van der Waals surface area (Å²) in [6.45, 7) is 4.90. The number of allylic oxidation sites excluding steroid dienone is 4. The molecule has 0 aliphatic heterocycles. The van der Waals surface area contributed by atoms with Crippen LogP contribution in [0, 0.1) is 0 Å². The third-order valence-corrected chi connectivity index (χ3v) is 13.8. The van der Waals surface area contributed by atoms with Gasteiger partial charge in [0, 0.05) is 12.8 Å². The van der Waals surface area contributed by atoms with Gasteiger partial charge in [0.2, 0.25) is 5.91 Å². The summed E-state index contributed by atoms with van der Waals surface area (Å²) in [6.07, 6.45) is 67.3. The summed E-state index contributed by atoms with van der Waals surface area (Å²) >= 11 is 0. The molecule has 0 aliphatic carbocycles. The number of aliphatic hydroxyl groups excluding tert-OH is 2. The molecule has 66 heavy (non-hydrogen) atoms. The highest BCUT2D eigenvalue weighted by Gasteiger charge is 2.20. The third kappa shape index (κ3) is 51.7. The summed E-state index contributed by atoms with van der Waals surface area (Å²) < 4.78 is 5.48. The van der Waals surface area contributed by atoms with Crippen LogP contribution >= 0.6 is 0 Å². The van der Waals surface area contributed by atoms with E-state index in [9.17, 15) is 19.8 Å². The average molecular weight is 931 g/mol. The number of aliphatic hydroxyl groups is 2. The molecule has 0 fully saturated rings. The molecule has 1 amide bonds. The number of unbranched alkanes of at least 4 members (excludes halogenated alkanes) is 40. The Bertz CT molecular complexity index is 1030. The Kier molecular flexibility index (Phi) is 54.5. The minimum atomic E-state index is -0.680. The topological polar surface area (TPSA) is 95.9 Å². The van der Waals surface area contributed by atoms with E-state index in [0.29, 0.717) is 25.9 Å². The Hall–Kier alpha value is -1.66. The first-order chi connectivity index (χ1) is 32.5. The SMILES string of the molecule is CCCCC/C=C\C/C=C\CCCCCCCCCCCC(=O)OCCCCCCCCCCCCC(=O)NC(CO)C(O)CCCCCCCCCCCCCCCCCCCCCC. The predicted molar refractivity (Wildman–Crippen MR) is 287 cm³/mol. The van der Waals surface area contributed by atoms with E-state index in [-0.39, 0.29) is 18.5 Å². The Labute approximate surface area is 411 Å². The van der Waals surface area contributed by atoms with Crippen molar-refractivity contribution in [3.63, 3.8) is 0 Å². The summed E-state index contributed by atoms with van der Waals surface area (Å²) in [7, 11) is 0. The van der Waals surface area contributed by atoms with Crippen LogP contribution in [0.1, 0.15) is 322 Å². The summed E-state index contributed by atoms with van der Waals surface area (Å²) in [6, 6.07) is -0.559. The predicted octanol–water partition coefficient (Wildman–Crippen LogP) is 18.2. The molecule has 0 rings (SSSR count). The van der Waals surface area contributed by atoms with Gasteiger partial charge in [-0.25, -0.2) is 0 Å². The molecular weight excluding hydrogens is 815 g/mol. The van der Waals surface area contributed by atoms with Crippen LogP contribution in [-0.2, 0) is 14.3 Å². The van der Waals surface area contributed by atoms with E-state index in [0.717, 1.165) is 64.2 Å². The van der Waals surface area contributed by atoms with Crippen molar-refractivity contribution in [2.24, 2.45) is 0 Å². The van der Waals surface area contributed by atoms with Gasteiger partial charge in [-0.2, -0.15) is 0 Å². The van der Waals surface area contributed by atoms with E-state index in [1.165, 1.54) is 225 Å². The molecule has 0 heterocycles. The molecule has 0 aromatic rings. The summed E-state index contributed by atoms with van der Waals surface area (Å²) in [5, 5.41) is 23.3. The van der Waals surface area contributed by atoms with E-state index >= 15 is 0 Å². The summed E-state index contributed by atoms with van der Waals surface area (Å²) in [5.41, 5.74) is 0. The molecule has 3 N–H and O–H groups in total. The maximum atomic E-state index is 12.5. The van der Waals surface area contributed by atoms with Crippen LogP contribution < -0.4 is 5.32 Å². The number of esters is 1. The molecule has 0 radical (unpaired) electrons. The summed E-state index contributed by atoms with van der Waals surface area (Å²) in [5.74, 6) is -0.0768. The lowest BCUT2D eigenvalue weighted by molar-refractivity contribution is -0.143. The minimum Gasteiger partial charge on any atom is -0.466 e. The molecule has 390 valence electrons. The fraction of sp³-hybridized carbons (Fsp3) is 0.900.